The van der Waals surface area contributed by atoms with E-state index < -0.39 is 21.7 Å². The van der Waals surface area contributed by atoms with Crippen LogP contribution in [0.3, 0.4) is 0 Å². The quantitative estimate of drug-likeness (QED) is 0.838. The lowest BCUT2D eigenvalue weighted by atomic mass is 10.2. The number of ether oxygens (including phenoxy) is 1. The average Bonchev–Trinajstić information content (AvgIpc) is 2.26. The van der Waals surface area contributed by atoms with Gasteiger partial charge in [-0.3, -0.25) is 0 Å². The molecule has 0 fully saturated rings. The highest BCUT2D eigenvalue weighted by Gasteiger charge is 2.29. The van der Waals surface area contributed by atoms with E-state index in [1.165, 1.54) is 24.3 Å². The van der Waals surface area contributed by atoms with Crippen LogP contribution in [0.4, 0.5) is 10.5 Å². The van der Waals surface area contributed by atoms with Gasteiger partial charge in [0.15, 0.2) is 0 Å². The highest BCUT2D eigenvalue weighted by atomic mass is 32.2. The fraction of sp³-hybridized carbons (Fsp3) is 0.417. The molecule has 7 heteroatoms. The van der Waals surface area contributed by atoms with Crippen LogP contribution in [-0.4, -0.2) is 31.5 Å². The first-order valence-corrected chi connectivity index (χ1v) is 7.05. The van der Waals surface area contributed by atoms with Gasteiger partial charge >= 0.3 is 6.09 Å². The Labute approximate surface area is 113 Å². The molecule has 0 radical (unpaired) electrons. The summed E-state index contributed by atoms with van der Waals surface area (Å²) >= 11 is 0. The predicted octanol–water partition coefficient (Wildman–Crippen LogP) is 1.82. The van der Waals surface area contributed by atoms with Gasteiger partial charge in [-0.1, -0.05) is 0 Å². The molecule has 19 heavy (non-hydrogen) atoms. The van der Waals surface area contributed by atoms with E-state index in [9.17, 15) is 13.2 Å². The topological polar surface area (TPSA) is 89.7 Å². The number of carbonyl (C=O) groups excluding carboxylic acids is 1. The zero-order valence-corrected chi connectivity index (χ0v) is 12.2. The third kappa shape index (κ3) is 3.85. The maximum atomic E-state index is 12.2. The van der Waals surface area contributed by atoms with Gasteiger partial charge in [0, 0.05) is 12.7 Å². The Hall–Kier alpha value is -1.76. The van der Waals surface area contributed by atoms with E-state index in [0.717, 1.165) is 7.05 Å². The van der Waals surface area contributed by atoms with Crippen molar-refractivity contribution in [3.63, 3.8) is 0 Å². The van der Waals surface area contributed by atoms with E-state index in [0.29, 0.717) is 9.99 Å². The van der Waals surface area contributed by atoms with E-state index >= 15 is 0 Å². The van der Waals surface area contributed by atoms with Crippen molar-refractivity contribution >= 4 is 21.8 Å². The lowest BCUT2D eigenvalue weighted by Crippen LogP contribution is -2.38. The molecule has 106 valence electrons. The van der Waals surface area contributed by atoms with Crippen molar-refractivity contribution in [2.75, 3.05) is 12.8 Å². The molecule has 0 saturated heterocycles. The zero-order chi connectivity index (χ0) is 14.8. The second kappa shape index (κ2) is 5.08. The van der Waals surface area contributed by atoms with E-state index in [1.807, 2.05) is 0 Å². The average molecular weight is 286 g/mol. The molecular weight excluding hydrogens is 268 g/mol. The lowest BCUT2D eigenvalue weighted by Gasteiger charge is -2.24. The van der Waals surface area contributed by atoms with Crippen LogP contribution in [0.2, 0.25) is 0 Å². The van der Waals surface area contributed by atoms with Gasteiger partial charge in [-0.15, -0.1) is 0 Å². The van der Waals surface area contributed by atoms with Gasteiger partial charge in [0.2, 0.25) is 0 Å². The number of carbonyl (C=O) groups is 1. The van der Waals surface area contributed by atoms with Crippen LogP contribution < -0.4 is 5.73 Å². The van der Waals surface area contributed by atoms with Crippen LogP contribution in [0.15, 0.2) is 29.2 Å². The normalized spacial score (nSPS) is 12.0. The third-order valence-corrected chi connectivity index (χ3v) is 3.93. The molecule has 0 atom stereocenters. The molecule has 2 N–H and O–H groups in total. The molecule has 0 heterocycles. The fourth-order valence-corrected chi connectivity index (χ4v) is 2.25. The number of nitrogens with zero attached hydrogens (tertiary/aromatic N) is 1. The number of sulfonamides is 1. The van der Waals surface area contributed by atoms with Gasteiger partial charge in [-0.2, -0.15) is 0 Å². The number of benzene rings is 1. The SMILES string of the molecule is CN(C(=O)OC(C)(C)C)S(=O)(=O)c1ccc(N)cc1. The second-order valence-corrected chi connectivity index (χ2v) is 6.99. The molecular formula is C12H18N2O4S. The monoisotopic (exact) mass is 286 g/mol. The summed E-state index contributed by atoms with van der Waals surface area (Å²) in [4.78, 5) is 11.7. The molecule has 0 aliphatic carbocycles. The predicted molar refractivity (Wildman–Crippen MR) is 72.0 cm³/mol. The van der Waals surface area contributed by atoms with Gasteiger partial charge in [0.25, 0.3) is 10.0 Å². The van der Waals surface area contributed by atoms with Gasteiger partial charge in [-0.05, 0) is 45.0 Å². The number of anilines is 1. The Bertz CT molecular complexity index is 558. The Balaban J connectivity index is 3.00. The summed E-state index contributed by atoms with van der Waals surface area (Å²) in [5, 5.41) is 0. The highest BCUT2D eigenvalue weighted by Crippen LogP contribution is 2.18. The maximum absolute atomic E-state index is 12.2. The number of nitrogen functional groups attached to an aromatic ring is 1. The molecule has 1 rings (SSSR count). The molecule has 1 aromatic rings. The first-order valence-electron chi connectivity index (χ1n) is 5.61. The molecule has 0 bridgehead atoms. The van der Waals surface area contributed by atoms with Crippen molar-refractivity contribution in [3.05, 3.63) is 24.3 Å². The molecule has 1 amide bonds. The third-order valence-electron chi connectivity index (χ3n) is 2.19. The number of hydrogen-bond acceptors (Lipinski definition) is 5. The Kier molecular flexibility index (Phi) is 4.09. The minimum Gasteiger partial charge on any atom is -0.443 e. The van der Waals surface area contributed by atoms with Crippen molar-refractivity contribution in [2.45, 2.75) is 31.3 Å². The summed E-state index contributed by atoms with van der Waals surface area (Å²) in [7, 11) is -2.77. The van der Waals surface area contributed by atoms with Crippen molar-refractivity contribution in [1.29, 1.82) is 0 Å². The molecule has 0 spiro atoms. The molecule has 0 aliphatic heterocycles. The first kappa shape index (κ1) is 15.3. The van der Waals surface area contributed by atoms with Gasteiger partial charge in [0.05, 0.1) is 4.90 Å². The molecule has 6 nitrogen and oxygen atoms in total. The minimum absolute atomic E-state index is 0.0185. The standard InChI is InChI=1S/C12H18N2O4S/c1-12(2,3)18-11(15)14(4)19(16,17)10-7-5-9(13)6-8-10/h5-8H,13H2,1-4H3. The summed E-state index contributed by atoms with van der Waals surface area (Å²) in [6.07, 6.45) is -0.927. The largest absolute Gasteiger partial charge is 0.443 e. The molecule has 0 aliphatic rings. The first-order chi connectivity index (χ1) is 8.54. The van der Waals surface area contributed by atoms with Crippen LogP contribution in [-0.2, 0) is 14.8 Å². The number of nitrogens with two attached hydrogens (primary N) is 1. The molecule has 1 aromatic carbocycles. The van der Waals surface area contributed by atoms with Crippen molar-refractivity contribution < 1.29 is 17.9 Å². The van der Waals surface area contributed by atoms with Crippen LogP contribution in [0.1, 0.15) is 20.8 Å². The van der Waals surface area contributed by atoms with Crippen LogP contribution in [0, 0.1) is 0 Å². The molecule has 0 saturated carbocycles. The summed E-state index contributed by atoms with van der Waals surface area (Å²) in [5.74, 6) is 0. The Morgan fingerprint density at radius 2 is 1.68 bits per heavy atom. The van der Waals surface area contributed by atoms with E-state index in [4.69, 9.17) is 10.5 Å². The van der Waals surface area contributed by atoms with Crippen LogP contribution in [0.5, 0.6) is 0 Å². The maximum Gasteiger partial charge on any atom is 0.424 e. The van der Waals surface area contributed by atoms with Crippen molar-refractivity contribution in [3.8, 4) is 0 Å². The fourth-order valence-electron chi connectivity index (χ4n) is 1.22. The summed E-state index contributed by atoms with van der Waals surface area (Å²) < 4.78 is 29.9. The number of hydrogen-bond donors (Lipinski definition) is 1. The Morgan fingerprint density at radius 3 is 2.11 bits per heavy atom. The van der Waals surface area contributed by atoms with E-state index in [1.54, 1.807) is 20.8 Å². The van der Waals surface area contributed by atoms with E-state index in [-0.39, 0.29) is 4.90 Å². The number of rotatable bonds is 2. The lowest BCUT2D eigenvalue weighted by molar-refractivity contribution is 0.0420. The number of amides is 1. The summed E-state index contributed by atoms with van der Waals surface area (Å²) in [6.45, 7) is 4.98. The van der Waals surface area contributed by atoms with Gasteiger partial charge in [0.1, 0.15) is 5.60 Å². The highest BCUT2D eigenvalue weighted by molar-refractivity contribution is 7.89. The van der Waals surface area contributed by atoms with Gasteiger partial charge < -0.3 is 10.5 Å². The Morgan fingerprint density at radius 1 is 1.21 bits per heavy atom. The smallest absolute Gasteiger partial charge is 0.424 e. The molecule has 0 aromatic heterocycles. The zero-order valence-electron chi connectivity index (χ0n) is 11.4. The van der Waals surface area contributed by atoms with Gasteiger partial charge in [-0.25, -0.2) is 17.5 Å². The van der Waals surface area contributed by atoms with Crippen LogP contribution >= 0.6 is 0 Å². The minimum atomic E-state index is -3.92. The van der Waals surface area contributed by atoms with E-state index in [2.05, 4.69) is 0 Å². The summed E-state index contributed by atoms with van der Waals surface area (Å²) in [6, 6.07) is 5.59. The summed E-state index contributed by atoms with van der Waals surface area (Å²) in [5.41, 5.74) is 5.17. The van der Waals surface area contributed by atoms with Crippen molar-refractivity contribution in [2.24, 2.45) is 0 Å². The second-order valence-electron chi connectivity index (χ2n) is 5.02. The van der Waals surface area contributed by atoms with Crippen molar-refractivity contribution in [1.82, 2.24) is 4.31 Å². The molecule has 0 unspecified atom stereocenters. The van der Waals surface area contributed by atoms with Crippen LogP contribution in [0.25, 0.3) is 0 Å².